The van der Waals surface area contributed by atoms with Crippen LogP contribution in [0.15, 0.2) is 29.3 Å². The maximum absolute atomic E-state index is 12.6. The van der Waals surface area contributed by atoms with Gasteiger partial charge in [-0.05, 0) is 45.0 Å². The topological polar surface area (TPSA) is 60.4 Å². The van der Waals surface area contributed by atoms with E-state index in [0.29, 0.717) is 13.2 Å². The van der Waals surface area contributed by atoms with Crippen molar-refractivity contribution in [1.29, 1.82) is 0 Å². The van der Waals surface area contributed by atoms with Gasteiger partial charge in [0.1, 0.15) is 6.10 Å². The molecule has 0 aliphatic carbocycles. The number of carbonyl (C=O) groups excluding carboxylic acids is 1. The molecule has 0 saturated carbocycles. The Labute approximate surface area is 174 Å². The maximum Gasteiger partial charge on any atom is 0.251 e. The summed E-state index contributed by atoms with van der Waals surface area (Å²) in [6.45, 7) is 8.23. The number of rotatable bonds is 6. The van der Waals surface area contributed by atoms with Gasteiger partial charge >= 0.3 is 0 Å². The summed E-state index contributed by atoms with van der Waals surface area (Å²) in [6.07, 6.45) is 1.62. The summed E-state index contributed by atoms with van der Waals surface area (Å²) in [4.78, 5) is 23.9. The van der Waals surface area contributed by atoms with Crippen LogP contribution in [0.3, 0.4) is 0 Å². The summed E-state index contributed by atoms with van der Waals surface area (Å²) in [5.41, 5.74) is 2.56. The van der Waals surface area contributed by atoms with Crippen molar-refractivity contribution in [1.82, 2.24) is 20.0 Å². The molecule has 2 fully saturated rings. The van der Waals surface area contributed by atoms with E-state index in [1.165, 1.54) is 11.1 Å². The van der Waals surface area contributed by atoms with Crippen molar-refractivity contribution < 1.29 is 9.53 Å². The minimum Gasteiger partial charge on any atom is -0.368 e. The van der Waals surface area contributed by atoms with Crippen LogP contribution >= 0.6 is 0 Å². The number of amides is 1. The van der Waals surface area contributed by atoms with E-state index in [9.17, 15) is 4.79 Å². The molecule has 1 amide bonds. The van der Waals surface area contributed by atoms with Gasteiger partial charge in [0.25, 0.3) is 5.91 Å². The van der Waals surface area contributed by atoms with E-state index in [4.69, 9.17) is 9.73 Å². The van der Waals surface area contributed by atoms with Crippen LogP contribution in [0.1, 0.15) is 30.9 Å². The van der Waals surface area contributed by atoms with Crippen LogP contribution in [0.4, 0.5) is 0 Å². The number of hydrogen-bond acceptors (Lipinski definition) is 4. The van der Waals surface area contributed by atoms with Crippen molar-refractivity contribution in [3.05, 3.63) is 35.4 Å². The lowest BCUT2D eigenvalue weighted by Crippen LogP contribution is -2.55. The molecule has 0 radical (unpaired) electrons. The molecule has 160 valence electrons. The fourth-order valence-electron chi connectivity index (χ4n) is 3.91. The largest absolute Gasteiger partial charge is 0.368 e. The third kappa shape index (κ3) is 5.93. The van der Waals surface area contributed by atoms with Gasteiger partial charge in [-0.2, -0.15) is 0 Å². The number of benzene rings is 1. The van der Waals surface area contributed by atoms with E-state index < -0.39 is 0 Å². The molecule has 29 heavy (non-hydrogen) atoms. The predicted molar refractivity (Wildman–Crippen MR) is 116 cm³/mol. The summed E-state index contributed by atoms with van der Waals surface area (Å²) in [6, 6.07) is 8.49. The van der Waals surface area contributed by atoms with E-state index in [2.05, 4.69) is 60.4 Å². The van der Waals surface area contributed by atoms with Gasteiger partial charge in [0.05, 0.1) is 6.54 Å². The van der Waals surface area contributed by atoms with E-state index >= 15 is 0 Å². The number of nitrogens with one attached hydrogen (secondary N) is 1. The summed E-state index contributed by atoms with van der Waals surface area (Å²) in [5.74, 6) is 1.08. The highest BCUT2D eigenvalue weighted by atomic mass is 16.5. The van der Waals surface area contributed by atoms with E-state index in [1.807, 2.05) is 4.90 Å². The Morgan fingerprint density at radius 1 is 1.17 bits per heavy atom. The van der Waals surface area contributed by atoms with Crippen molar-refractivity contribution in [2.24, 2.45) is 4.99 Å². The van der Waals surface area contributed by atoms with Gasteiger partial charge < -0.3 is 24.8 Å². The van der Waals surface area contributed by atoms with Crippen molar-refractivity contribution in [2.75, 3.05) is 53.4 Å². The molecule has 2 aliphatic heterocycles. The molecule has 1 aromatic rings. The Morgan fingerprint density at radius 2 is 1.86 bits per heavy atom. The van der Waals surface area contributed by atoms with Crippen LogP contribution in [0.5, 0.6) is 0 Å². The summed E-state index contributed by atoms with van der Waals surface area (Å²) in [5, 5.41) is 3.42. The van der Waals surface area contributed by atoms with Gasteiger partial charge in [-0.15, -0.1) is 0 Å². The zero-order valence-electron chi connectivity index (χ0n) is 18.1. The number of ether oxygens (including phenoxy) is 1. The minimum atomic E-state index is -0.225. The standard InChI is InChI=1S/C22H35N5O2/c1-4-23-22(24-16-18-8-5-6-9-19(18)17-25(2)3)27-13-11-26(12-14-27)21(28)20-10-7-15-29-20/h5-6,8-9,20H,4,7,10-17H2,1-3H3,(H,23,24). The Kier molecular flexibility index (Phi) is 7.89. The first-order valence-corrected chi connectivity index (χ1v) is 10.7. The summed E-state index contributed by atoms with van der Waals surface area (Å²) >= 11 is 0. The molecule has 0 bridgehead atoms. The van der Waals surface area contributed by atoms with Crippen LogP contribution in [0, 0.1) is 0 Å². The Hall–Kier alpha value is -2.12. The normalized spacial score (nSPS) is 20.4. The maximum atomic E-state index is 12.6. The lowest BCUT2D eigenvalue weighted by Gasteiger charge is -2.37. The monoisotopic (exact) mass is 401 g/mol. The van der Waals surface area contributed by atoms with Crippen LogP contribution < -0.4 is 5.32 Å². The molecule has 2 aliphatic rings. The van der Waals surface area contributed by atoms with Crippen molar-refractivity contribution >= 4 is 11.9 Å². The minimum absolute atomic E-state index is 0.154. The van der Waals surface area contributed by atoms with Crippen LogP contribution in [-0.4, -0.2) is 86.1 Å². The van der Waals surface area contributed by atoms with Crippen molar-refractivity contribution in [3.8, 4) is 0 Å². The lowest BCUT2D eigenvalue weighted by molar-refractivity contribution is -0.142. The fourth-order valence-corrected chi connectivity index (χ4v) is 3.91. The summed E-state index contributed by atoms with van der Waals surface area (Å²) < 4.78 is 5.56. The number of piperazine rings is 1. The third-order valence-corrected chi connectivity index (χ3v) is 5.44. The molecule has 1 aromatic carbocycles. The Morgan fingerprint density at radius 3 is 2.48 bits per heavy atom. The first-order valence-electron chi connectivity index (χ1n) is 10.7. The average Bonchev–Trinajstić information content (AvgIpc) is 3.26. The molecule has 0 spiro atoms. The number of aliphatic imine (C=N–C) groups is 1. The first-order chi connectivity index (χ1) is 14.1. The number of carbonyl (C=O) groups is 1. The van der Waals surface area contributed by atoms with Crippen molar-refractivity contribution in [3.63, 3.8) is 0 Å². The molecular formula is C22H35N5O2. The van der Waals surface area contributed by atoms with E-state index in [1.54, 1.807) is 0 Å². The molecule has 3 rings (SSSR count). The van der Waals surface area contributed by atoms with Crippen LogP contribution in [0.2, 0.25) is 0 Å². The second kappa shape index (κ2) is 10.6. The predicted octanol–water partition coefficient (Wildman–Crippen LogP) is 1.54. The molecule has 2 heterocycles. The number of guanidine groups is 1. The molecule has 2 saturated heterocycles. The molecule has 0 aromatic heterocycles. The highest BCUT2D eigenvalue weighted by Crippen LogP contribution is 2.16. The second-order valence-corrected chi connectivity index (χ2v) is 7.99. The fraction of sp³-hybridized carbons (Fsp3) is 0.636. The SMILES string of the molecule is CCNC(=NCc1ccccc1CN(C)C)N1CCN(C(=O)C2CCCO2)CC1. The van der Waals surface area contributed by atoms with E-state index in [-0.39, 0.29) is 12.0 Å². The highest BCUT2D eigenvalue weighted by molar-refractivity contribution is 5.82. The van der Waals surface area contributed by atoms with Crippen molar-refractivity contribution in [2.45, 2.75) is 39.0 Å². The molecule has 1 atom stereocenters. The zero-order chi connectivity index (χ0) is 20.6. The van der Waals surface area contributed by atoms with Gasteiger partial charge in [-0.25, -0.2) is 4.99 Å². The average molecular weight is 402 g/mol. The second-order valence-electron chi connectivity index (χ2n) is 7.99. The van der Waals surface area contributed by atoms with Crippen LogP contribution in [0.25, 0.3) is 0 Å². The highest BCUT2D eigenvalue weighted by Gasteiger charge is 2.30. The molecule has 7 heteroatoms. The summed E-state index contributed by atoms with van der Waals surface area (Å²) in [7, 11) is 4.17. The van der Waals surface area contributed by atoms with E-state index in [0.717, 1.165) is 58.1 Å². The Bertz CT molecular complexity index is 692. The molecule has 7 nitrogen and oxygen atoms in total. The smallest absolute Gasteiger partial charge is 0.251 e. The van der Waals surface area contributed by atoms with Crippen LogP contribution in [-0.2, 0) is 22.6 Å². The molecule has 1 unspecified atom stereocenters. The third-order valence-electron chi connectivity index (χ3n) is 5.44. The number of hydrogen-bond donors (Lipinski definition) is 1. The quantitative estimate of drug-likeness (QED) is 0.579. The lowest BCUT2D eigenvalue weighted by atomic mass is 10.1. The van der Waals surface area contributed by atoms with Gasteiger partial charge in [0.15, 0.2) is 5.96 Å². The Balaban J connectivity index is 1.61. The van der Waals surface area contributed by atoms with Gasteiger partial charge in [-0.1, -0.05) is 24.3 Å². The molecular weight excluding hydrogens is 366 g/mol. The van der Waals surface area contributed by atoms with Gasteiger partial charge in [0, 0.05) is 45.9 Å². The zero-order valence-corrected chi connectivity index (χ0v) is 18.1. The van der Waals surface area contributed by atoms with Gasteiger partial charge in [0.2, 0.25) is 0 Å². The number of nitrogens with zero attached hydrogens (tertiary/aromatic N) is 4. The molecule has 1 N–H and O–H groups in total. The first kappa shape index (κ1) is 21.6. The van der Waals surface area contributed by atoms with Gasteiger partial charge in [-0.3, -0.25) is 4.79 Å².